The molecule has 1 aromatic carbocycles. The molecule has 0 N–H and O–H groups in total. The number of carbonyl (C=O) groups excluding carboxylic acids is 2. The van der Waals surface area contributed by atoms with Gasteiger partial charge in [-0.1, -0.05) is 6.07 Å². The van der Waals surface area contributed by atoms with Crippen LogP contribution in [0.5, 0.6) is 5.75 Å². The van der Waals surface area contributed by atoms with Gasteiger partial charge in [0.2, 0.25) is 5.91 Å². The predicted octanol–water partition coefficient (Wildman–Crippen LogP) is 0.895. The standard InChI is InChI=1S/C14H17FN2O3/c1-11(18)16-5-7-17(8-6-16)14(19)10-20-13-4-2-3-12(15)9-13/h2-4,9H,5-8,10H2,1H3. The Labute approximate surface area is 116 Å². The van der Waals surface area contributed by atoms with E-state index in [-0.39, 0.29) is 18.4 Å². The van der Waals surface area contributed by atoms with Crippen LogP contribution in [0.3, 0.4) is 0 Å². The van der Waals surface area contributed by atoms with Gasteiger partial charge in [0.15, 0.2) is 6.61 Å². The molecule has 0 radical (unpaired) electrons. The van der Waals surface area contributed by atoms with Crippen molar-refractivity contribution in [1.82, 2.24) is 9.80 Å². The van der Waals surface area contributed by atoms with Gasteiger partial charge in [0.25, 0.3) is 5.91 Å². The second-order valence-corrected chi connectivity index (χ2v) is 4.63. The van der Waals surface area contributed by atoms with Gasteiger partial charge in [-0.25, -0.2) is 4.39 Å². The molecule has 0 saturated carbocycles. The normalized spacial score (nSPS) is 15.1. The molecule has 5 nitrogen and oxygen atoms in total. The Morgan fingerprint density at radius 2 is 1.85 bits per heavy atom. The second kappa shape index (κ2) is 6.36. The highest BCUT2D eigenvalue weighted by Gasteiger charge is 2.22. The Bertz CT molecular complexity index is 499. The van der Waals surface area contributed by atoms with Crippen LogP contribution in [0.2, 0.25) is 0 Å². The van der Waals surface area contributed by atoms with E-state index in [0.717, 1.165) is 0 Å². The molecule has 0 aromatic heterocycles. The topological polar surface area (TPSA) is 49.9 Å². The number of benzene rings is 1. The Morgan fingerprint density at radius 1 is 1.20 bits per heavy atom. The summed E-state index contributed by atoms with van der Waals surface area (Å²) in [4.78, 5) is 26.5. The zero-order valence-electron chi connectivity index (χ0n) is 11.3. The summed E-state index contributed by atoms with van der Waals surface area (Å²) >= 11 is 0. The van der Waals surface area contributed by atoms with Crippen molar-refractivity contribution in [2.24, 2.45) is 0 Å². The lowest BCUT2D eigenvalue weighted by atomic mass is 10.3. The molecule has 0 aliphatic carbocycles. The first-order valence-electron chi connectivity index (χ1n) is 6.48. The zero-order chi connectivity index (χ0) is 14.5. The van der Waals surface area contributed by atoms with Crippen LogP contribution in [0.25, 0.3) is 0 Å². The summed E-state index contributed by atoms with van der Waals surface area (Å²) in [6.45, 7) is 3.49. The summed E-state index contributed by atoms with van der Waals surface area (Å²) in [6, 6.07) is 5.68. The number of halogens is 1. The Balaban J connectivity index is 1.80. The van der Waals surface area contributed by atoms with Crippen LogP contribution in [0.4, 0.5) is 4.39 Å². The lowest BCUT2D eigenvalue weighted by Crippen LogP contribution is -2.51. The van der Waals surface area contributed by atoms with Crippen LogP contribution in [0, 0.1) is 5.82 Å². The van der Waals surface area contributed by atoms with Crippen molar-refractivity contribution in [2.75, 3.05) is 32.8 Å². The van der Waals surface area contributed by atoms with Gasteiger partial charge in [-0.2, -0.15) is 0 Å². The van der Waals surface area contributed by atoms with Gasteiger partial charge in [0.1, 0.15) is 11.6 Å². The summed E-state index contributed by atoms with van der Waals surface area (Å²) in [5.74, 6) is -0.198. The molecule has 1 aliphatic heterocycles. The second-order valence-electron chi connectivity index (χ2n) is 4.63. The fraction of sp³-hybridized carbons (Fsp3) is 0.429. The van der Waals surface area contributed by atoms with E-state index in [1.165, 1.54) is 25.1 Å². The van der Waals surface area contributed by atoms with Gasteiger partial charge in [-0.05, 0) is 12.1 Å². The molecular formula is C14H17FN2O3. The number of nitrogens with zero attached hydrogens (tertiary/aromatic N) is 2. The van der Waals surface area contributed by atoms with Gasteiger partial charge in [-0.15, -0.1) is 0 Å². The van der Waals surface area contributed by atoms with E-state index < -0.39 is 5.82 Å². The number of amides is 2. The number of piperazine rings is 1. The lowest BCUT2D eigenvalue weighted by Gasteiger charge is -2.34. The maximum absolute atomic E-state index is 13.0. The number of ether oxygens (including phenoxy) is 1. The van der Waals surface area contributed by atoms with E-state index in [1.807, 2.05) is 0 Å². The van der Waals surface area contributed by atoms with Crippen LogP contribution >= 0.6 is 0 Å². The van der Waals surface area contributed by atoms with E-state index >= 15 is 0 Å². The summed E-state index contributed by atoms with van der Waals surface area (Å²) in [5, 5.41) is 0. The molecule has 108 valence electrons. The molecule has 0 bridgehead atoms. The van der Waals surface area contributed by atoms with Gasteiger partial charge in [0, 0.05) is 39.2 Å². The molecule has 1 fully saturated rings. The van der Waals surface area contributed by atoms with Crippen LogP contribution < -0.4 is 4.74 Å². The van der Waals surface area contributed by atoms with Crippen LogP contribution in [0.15, 0.2) is 24.3 Å². The van der Waals surface area contributed by atoms with Crippen molar-refractivity contribution in [2.45, 2.75) is 6.92 Å². The van der Waals surface area contributed by atoms with Crippen molar-refractivity contribution in [3.63, 3.8) is 0 Å². The van der Waals surface area contributed by atoms with Gasteiger partial charge in [-0.3, -0.25) is 9.59 Å². The minimum absolute atomic E-state index is 0.0214. The van der Waals surface area contributed by atoms with Gasteiger partial charge in [0.05, 0.1) is 0 Å². The highest BCUT2D eigenvalue weighted by atomic mass is 19.1. The smallest absolute Gasteiger partial charge is 0.260 e. The third-order valence-electron chi connectivity index (χ3n) is 3.24. The number of rotatable bonds is 3. The summed E-state index contributed by atoms with van der Waals surface area (Å²) in [5.41, 5.74) is 0. The maximum Gasteiger partial charge on any atom is 0.260 e. The molecule has 1 aliphatic rings. The molecule has 1 saturated heterocycles. The van der Waals surface area contributed by atoms with Crippen molar-refractivity contribution in [1.29, 1.82) is 0 Å². The molecule has 6 heteroatoms. The predicted molar refractivity (Wildman–Crippen MR) is 70.7 cm³/mol. The molecule has 1 heterocycles. The van der Waals surface area contributed by atoms with Crippen molar-refractivity contribution in [3.8, 4) is 5.75 Å². The highest BCUT2D eigenvalue weighted by Crippen LogP contribution is 2.12. The Hall–Kier alpha value is -2.11. The third-order valence-corrected chi connectivity index (χ3v) is 3.24. The first kappa shape index (κ1) is 14.3. The van der Waals surface area contributed by atoms with E-state index in [4.69, 9.17) is 4.74 Å². The average molecular weight is 280 g/mol. The van der Waals surface area contributed by atoms with Crippen LogP contribution in [0.1, 0.15) is 6.92 Å². The van der Waals surface area contributed by atoms with Gasteiger partial charge < -0.3 is 14.5 Å². The maximum atomic E-state index is 13.0. The fourth-order valence-electron chi connectivity index (χ4n) is 2.06. The van der Waals surface area contributed by atoms with Crippen LogP contribution in [-0.4, -0.2) is 54.4 Å². The fourth-order valence-corrected chi connectivity index (χ4v) is 2.06. The van der Waals surface area contributed by atoms with E-state index in [9.17, 15) is 14.0 Å². The monoisotopic (exact) mass is 280 g/mol. The third kappa shape index (κ3) is 3.69. The van der Waals surface area contributed by atoms with E-state index in [0.29, 0.717) is 31.9 Å². The van der Waals surface area contributed by atoms with Gasteiger partial charge >= 0.3 is 0 Å². The number of hydrogen-bond acceptors (Lipinski definition) is 3. The molecule has 2 amide bonds. The van der Waals surface area contributed by atoms with Crippen molar-refractivity contribution >= 4 is 11.8 Å². The molecule has 0 spiro atoms. The van der Waals surface area contributed by atoms with E-state index in [1.54, 1.807) is 15.9 Å². The highest BCUT2D eigenvalue weighted by molar-refractivity contribution is 5.78. The minimum atomic E-state index is -0.398. The minimum Gasteiger partial charge on any atom is -0.484 e. The quantitative estimate of drug-likeness (QED) is 0.826. The summed E-state index contributed by atoms with van der Waals surface area (Å²) in [6.07, 6.45) is 0. The number of hydrogen-bond donors (Lipinski definition) is 0. The average Bonchev–Trinajstić information content (AvgIpc) is 2.45. The molecular weight excluding hydrogens is 263 g/mol. The molecule has 1 aromatic rings. The molecule has 0 atom stereocenters. The first-order valence-corrected chi connectivity index (χ1v) is 6.48. The number of carbonyl (C=O) groups is 2. The van der Waals surface area contributed by atoms with Crippen molar-refractivity contribution in [3.05, 3.63) is 30.1 Å². The molecule has 20 heavy (non-hydrogen) atoms. The van der Waals surface area contributed by atoms with Crippen molar-refractivity contribution < 1.29 is 18.7 Å². The first-order chi connectivity index (χ1) is 9.56. The molecule has 0 unspecified atom stereocenters. The van der Waals surface area contributed by atoms with Crippen LogP contribution in [-0.2, 0) is 9.59 Å². The van der Waals surface area contributed by atoms with E-state index in [2.05, 4.69) is 0 Å². The Kier molecular flexibility index (Phi) is 4.55. The summed E-state index contributed by atoms with van der Waals surface area (Å²) < 4.78 is 18.2. The molecule has 2 rings (SSSR count). The SMILES string of the molecule is CC(=O)N1CCN(C(=O)COc2cccc(F)c2)CC1. The Morgan fingerprint density at radius 3 is 2.45 bits per heavy atom. The lowest BCUT2D eigenvalue weighted by molar-refractivity contribution is -0.139. The largest absolute Gasteiger partial charge is 0.484 e. The zero-order valence-corrected chi connectivity index (χ0v) is 11.3. The summed E-state index contributed by atoms with van der Waals surface area (Å²) in [7, 11) is 0.